The third-order valence-electron chi connectivity index (χ3n) is 4.60. The molecule has 1 saturated heterocycles. The van der Waals surface area contributed by atoms with E-state index in [1.54, 1.807) is 0 Å². The predicted octanol–water partition coefficient (Wildman–Crippen LogP) is 5.02. The summed E-state index contributed by atoms with van der Waals surface area (Å²) in [5, 5.41) is 4.67. The predicted molar refractivity (Wildman–Crippen MR) is 109 cm³/mol. The quantitative estimate of drug-likeness (QED) is 0.582. The number of piperidine rings is 1. The number of pyridine rings is 1. The molecule has 2 heterocycles. The third kappa shape index (κ3) is 3.10. The molecule has 0 unspecified atom stereocenters. The van der Waals surface area contributed by atoms with Gasteiger partial charge >= 0.3 is 0 Å². The number of aromatic nitrogens is 1. The summed E-state index contributed by atoms with van der Waals surface area (Å²) < 4.78 is 1.27. The van der Waals surface area contributed by atoms with Crippen molar-refractivity contribution in [2.75, 3.05) is 13.1 Å². The van der Waals surface area contributed by atoms with Crippen molar-refractivity contribution in [3.8, 4) is 0 Å². The van der Waals surface area contributed by atoms with E-state index in [-0.39, 0.29) is 0 Å². The molecule has 0 radical (unpaired) electrons. The van der Waals surface area contributed by atoms with E-state index in [2.05, 4.69) is 81.4 Å². The fourth-order valence-electron chi connectivity index (χ4n) is 3.45. The number of hydrogen-bond acceptors (Lipinski definition) is 2. The number of nitrogens with one attached hydrogen (secondary N) is 1. The zero-order valence-corrected chi connectivity index (χ0v) is 15.6. The van der Waals surface area contributed by atoms with Crippen LogP contribution in [0.4, 0.5) is 0 Å². The average Bonchev–Trinajstić information content (AvgIpc) is 2.65. The van der Waals surface area contributed by atoms with Crippen molar-refractivity contribution < 1.29 is 0 Å². The minimum atomic E-state index is 1.06. The highest BCUT2D eigenvalue weighted by atomic mass is 127. The molecule has 4 rings (SSSR count). The summed E-state index contributed by atoms with van der Waals surface area (Å²) in [6.45, 7) is 2.11. The number of halogens is 1. The second-order valence-corrected chi connectivity index (χ2v) is 7.36. The summed E-state index contributed by atoms with van der Waals surface area (Å²) in [5.74, 6) is 0. The number of hydrogen-bond donors (Lipinski definition) is 1. The van der Waals surface area contributed by atoms with Crippen LogP contribution in [0.5, 0.6) is 0 Å². The Kier molecular flexibility index (Phi) is 4.63. The van der Waals surface area contributed by atoms with Crippen LogP contribution in [0.3, 0.4) is 0 Å². The molecule has 0 saturated carbocycles. The summed E-state index contributed by atoms with van der Waals surface area (Å²) in [6, 6.07) is 19.5. The number of benzene rings is 2. The molecule has 24 heavy (non-hydrogen) atoms. The summed E-state index contributed by atoms with van der Waals surface area (Å²) in [6.07, 6.45) is 4.10. The van der Waals surface area contributed by atoms with Crippen LogP contribution in [0.1, 0.15) is 24.0 Å². The van der Waals surface area contributed by atoms with Gasteiger partial charge in [-0.15, -0.1) is 0 Å². The number of rotatable bonds is 2. The zero-order chi connectivity index (χ0) is 16.4. The number of para-hydroxylation sites is 1. The van der Waals surface area contributed by atoms with Gasteiger partial charge in [0, 0.05) is 20.7 Å². The molecule has 1 aliphatic heterocycles. The maximum Gasteiger partial charge on any atom is 0.0780 e. The first-order valence-corrected chi connectivity index (χ1v) is 9.43. The Bertz CT molecular complexity index is 884. The van der Waals surface area contributed by atoms with Crippen molar-refractivity contribution in [1.29, 1.82) is 0 Å². The van der Waals surface area contributed by atoms with Crippen molar-refractivity contribution in [3.63, 3.8) is 0 Å². The molecule has 0 bridgehead atoms. The monoisotopic (exact) mass is 426 g/mol. The summed E-state index contributed by atoms with van der Waals surface area (Å²) in [7, 11) is 0. The lowest BCUT2D eigenvalue weighted by Crippen LogP contribution is -2.23. The topological polar surface area (TPSA) is 24.9 Å². The van der Waals surface area contributed by atoms with Gasteiger partial charge in [0.25, 0.3) is 0 Å². The smallest absolute Gasteiger partial charge is 0.0780 e. The first-order chi connectivity index (χ1) is 11.8. The molecule has 2 nitrogen and oxygen atoms in total. The van der Waals surface area contributed by atoms with Gasteiger partial charge in [0.15, 0.2) is 0 Å². The molecule has 2 aromatic carbocycles. The molecule has 3 aromatic rings. The van der Waals surface area contributed by atoms with Crippen LogP contribution < -0.4 is 5.32 Å². The van der Waals surface area contributed by atoms with Crippen LogP contribution in [0.25, 0.3) is 16.5 Å². The normalized spacial score (nSPS) is 14.8. The highest BCUT2D eigenvalue weighted by molar-refractivity contribution is 14.1. The van der Waals surface area contributed by atoms with Crippen molar-refractivity contribution in [2.45, 2.75) is 12.8 Å². The van der Waals surface area contributed by atoms with Gasteiger partial charge in [0.05, 0.1) is 5.52 Å². The Morgan fingerprint density at radius 2 is 1.67 bits per heavy atom. The van der Waals surface area contributed by atoms with Crippen molar-refractivity contribution in [1.82, 2.24) is 10.3 Å². The molecular formula is C21H19IN2. The minimum absolute atomic E-state index is 1.06. The van der Waals surface area contributed by atoms with Gasteiger partial charge in [-0.3, -0.25) is 4.98 Å². The van der Waals surface area contributed by atoms with Gasteiger partial charge in [-0.05, 0) is 77.9 Å². The fraction of sp³-hybridized carbons (Fsp3) is 0.190. The standard InChI is InChI=1S/C21H19IN2/c22-18-8-6-15(7-9-18)20(16-10-13-23-14-11-16)19-5-1-3-17-4-2-12-24-21(17)19/h1-9,12,23H,10-11,13-14H2. The first kappa shape index (κ1) is 15.8. The number of fused-ring (bicyclic) bond motifs is 1. The van der Waals surface area contributed by atoms with E-state index < -0.39 is 0 Å². The molecule has 0 atom stereocenters. The molecule has 1 aromatic heterocycles. The second kappa shape index (κ2) is 7.03. The number of nitrogens with zero attached hydrogens (tertiary/aromatic N) is 1. The van der Waals surface area contributed by atoms with E-state index in [1.165, 1.54) is 31.2 Å². The zero-order valence-electron chi connectivity index (χ0n) is 13.4. The van der Waals surface area contributed by atoms with E-state index >= 15 is 0 Å². The van der Waals surface area contributed by atoms with E-state index in [1.807, 2.05) is 12.3 Å². The summed E-state index contributed by atoms with van der Waals surface area (Å²) in [4.78, 5) is 4.69. The van der Waals surface area contributed by atoms with E-state index in [0.29, 0.717) is 0 Å². The molecule has 1 fully saturated rings. The largest absolute Gasteiger partial charge is 0.316 e. The maximum atomic E-state index is 4.69. The first-order valence-electron chi connectivity index (χ1n) is 8.36. The second-order valence-electron chi connectivity index (χ2n) is 6.12. The van der Waals surface area contributed by atoms with Crippen molar-refractivity contribution >= 4 is 39.1 Å². The lowest BCUT2D eigenvalue weighted by Gasteiger charge is -2.22. The highest BCUT2D eigenvalue weighted by Gasteiger charge is 2.17. The SMILES string of the molecule is Ic1ccc(C(=C2CCNCC2)c2cccc3cccnc23)cc1. The molecule has 1 N–H and O–H groups in total. The Labute approximate surface area is 156 Å². The van der Waals surface area contributed by atoms with Crippen molar-refractivity contribution in [3.05, 3.63) is 81.1 Å². The molecule has 0 amide bonds. The van der Waals surface area contributed by atoms with Gasteiger partial charge in [-0.2, -0.15) is 0 Å². The summed E-state index contributed by atoms with van der Waals surface area (Å²) >= 11 is 2.36. The van der Waals surface area contributed by atoms with Gasteiger partial charge in [0.2, 0.25) is 0 Å². The molecule has 0 aliphatic carbocycles. The van der Waals surface area contributed by atoms with Gasteiger partial charge in [0.1, 0.15) is 0 Å². The van der Waals surface area contributed by atoms with Gasteiger partial charge in [-0.1, -0.05) is 42.0 Å². The minimum Gasteiger partial charge on any atom is -0.316 e. The van der Waals surface area contributed by atoms with Gasteiger partial charge in [-0.25, -0.2) is 0 Å². The Hall–Kier alpha value is -1.72. The van der Waals surface area contributed by atoms with Crippen LogP contribution in [-0.2, 0) is 0 Å². The van der Waals surface area contributed by atoms with E-state index in [4.69, 9.17) is 0 Å². The average molecular weight is 426 g/mol. The molecule has 120 valence electrons. The van der Waals surface area contributed by atoms with Crippen LogP contribution in [-0.4, -0.2) is 18.1 Å². The third-order valence-corrected chi connectivity index (χ3v) is 5.31. The van der Waals surface area contributed by atoms with Crippen LogP contribution in [0.15, 0.2) is 66.4 Å². The van der Waals surface area contributed by atoms with Crippen molar-refractivity contribution in [2.24, 2.45) is 0 Å². The van der Waals surface area contributed by atoms with Crippen LogP contribution in [0.2, 0.25) is 0 Å². The Morgan fingerprint density at radius 1 is 0.917 bits per heavy atom. The lowest BCUT2D eigenvalue weighted by atomic mass is 9.88. The van der Waals surface area contributed by atoms with E-state index in [0.717, 1.165) is 31.4 Å². The highest BCUT2D eigenvalue weighted by Crippen LogP contribution is 2.34. The maximum absolute atomic E-state index is 4.69. The molecule has 1 aliphatic rings. The van der Waals surface area contributed by atoms with Crippen LogP contribution in [0, 0.1) is 3.57 Å². The van der Waals surface area contributed by atoms with Gasteiger partial charge < -0.3 is 5.32 Å². The summed E-state index contributed by atoms with van der Waals surface area (Å²) in [5.41, 5.74) is 6.56. The fourth-order valence-corrected chi connectivity index (χ4v) is 3.81. The molecular weight excluding hydrogens is 407 g/mol. The lowest BCUT2D eigenvalue weighted by molar-refractivity contribution is 0.611. The molecule has 0 spiro atoms. The molecule has 3 heteroatoms. The Balaban J connectivity index is 1.97. The Morgan fingerprint density at radius 3 is 2.46 bits per heavy atom. The van der Waals surface area contributed by atoms with Crippen LogP contribution >= 0.6 is 22.6 Å². The van der Waals surface area contributed by atoms with E-state index in [9.17, 15) is 0 Å².